The van der Waals surface area contributed by atoms with Crippen LogP contribution < -0.4 is 10.1 Å². The Bertz CT molecular complexity index is 531. The van der Waals surface area contributed by atoms with Crippen molar-refractivity contribution in [2.45, 2.75) is 13.5 Å². The van der Waals surface area contributed by atoms with Gasteiger partial charge in [-0.05, 0) is 13.0 Å². The molecule has 0 unspecified atom stereocenters. The molecule has 3 rings (SSSR count). The van der Waals surface area contributed by atoms with Gasteiger partial charge in [-0.1, -0.05) is 18.2 Å². The van der Waals surface area contributed by atoms with Gasteiger partial charge < -0.3 is 14.5 Å². The van der Waals surface area contributed by atoms with Crippen LogP contribution in [-0.2, 0) is 6.54 Å². The molecule has 3 heteroatoms. The normalized spacial score (nSPS) is 14.9. The molecule has 0 spiro atoms. The first-order valence-electron chi connectivity index (χ1n) is 5.85. The summed E-state index contributed by atoms with van der Waals surface area (Å²) in [7, 11) is 0. The van der Waals surface area contributed by atoms with E-state index in [0.29, 0.717) is 6.61 Å². The molecule has 0 amide bonds. The molecule has 1 aromatic carbocycles. The van der Waals surface area contributed by atoms with E-state index in [1.54, 1.807) is 6.26 Å². The molecular weight excluding hydrogens is 214 g/mol. The Morgan fingerprint density at radius 2 is 2.24 bits per heavy atom. The van der Waals surface area contributed by atoms with Crippen molar-refractivity contribution in [1.82, 2.24) is 5.32 Å². The molecule has 0 atom stereocenters. The van der Waals surface area contributed by atoms with E-state index >= 15 is 0 Å². The van der Waals surface area contributed by atoms with Gasteiger partial charge in [0.2, 0.25) is 0 Å². The highest BCUT2D eigenvalue weighted by molar-refractivity contribution is 5.71. The largest absolute Gasteiger partial charge is 0.491 e. The van der Waals surface area contributed by atoms with E-state index in [9.17, 15) is 0 Å². The Hall–Kier alpha value is -1.74. The average molecular weight is 229 g/mol. The minimum absolute atomic E-state index is 0.709. The topological polar surface area (TPSA) is 34.4 Å². The fourth-order valence-electron chi connectivity index (χ4n) is 2.15. The molecule has 0 fully saturated rings. The second-order valence-corrected chi connectivity index (χ2v) is 4.27. The predicted octanol–water partition coefficient (Wildman–Crippen LogP) is 2.74. The van der Waals surface area contributed by atoms with E-state index in [-0.39, 0.29) is 0 Å². The molecule has 0 saturated carbocycles. The first-order valence-corrected chi connectivity index (χ1v) is 5.85. The molecule has 0 bridgehead atoms. The van der Waals surface area contributed by atoms with Gasteiger partial charge in [-0.2, -0.15) is 0 Å². The van der Waals surface area contributed by atoms with Crippen molar-refractivity contribution in [2.24, 2.45) is 0 Å². The van der Waals surface area contributed by atoms with Crippen LogP contribution >= 0.6 is 0 Å². The lowest BCUT2D eigenvalue weighted by Crippen LogP contribution is -2.16. The van der Waals surface area contributed by atoms with Crippen molar-refractivity contribution in [2.75, 3.05) is 13.2 Å². The van der Waals surface area contributed by atoms with Gasteiger partial charge in [-0.3, -0.25) is 0 Å². The standard InChI is InChI=1S/C14H15NO2/c1-10-7-12(9-17-10)13-4-2-3-11-8-15-5-6-16-14(11)13/h2-4,7,9,15H,5-6,8H2,1H3. The number of ether oxygens (including phenoxy) is 1. The van der Waals surface area contributed by atoms with Gasteiger partial charge in [0.1, 0.15) is 18.1 Å². The highest BCUT2D eigenvalue weighted by Gasteiger charge is 2.15. The molecule has 3 nitrogen and oxygen atoms in total. The van der Waals surface area contributed by atoms with Crippen LogP contribution in [-0.4, -0.2) is 13.2 Å². The summed E-state index contributed by atoms with van der Waals surface area (Å²) in [6, 6.07) is 8.28. The Kier molecular flexibility index (Phi) is 2.61. The Morgan fingerprint density at radius 3 is 3.06 bits per heavy atom. The molecule has 17 heavy (non-hydrogen) atoms. The molecule has 2 heterocycles. The maximum Gasteiger partial charge on any atom is 0.131 e. The smallest absolute Gasteiger partial charge is 0.131 e. The molecule has 1 aliphatic rings. The quantitative estimate of drug-likeness (QED) is 0.816. The number of furan rings is 1. The van der Waals surface area contributed by atoms with Gasteiger partial charge in [0.05, 0.1) is 6.26 Å². The van der Waals surface area contributed by atoms with Gasteiger partial charge in [-0.25, -0.2) is 0 Å². The molecule has 2 aromatic rings. The Labute approximate surface area is 100 Å². The zero-order valence-corrected chi connectivity index (χ0v) is 9.82. The molecule has 88 valence electrons. The maximum atomic E-state index is 5.84. The third kappa shape index (κ3) is 1.94. The second kappa shape index (κ2) is 4.26. The predicted molar refractivity (Wildman–Crippen MR) is 66.1 cm³/mol. The molecule has 1 N–H and O–H groups in total. The van der Waals surface area contributed by atoms with Crippen LogP contribution in [0.25, 0.3) is 11.1 Å². The summed E-state index contributed by atoms with van der Waals surface area (Å²) in [5.41, 5.74) is 3.41. The van der Waals surface area contributed by atoms with Gasteiger partial charge in [0, 0.05) is 29.8 Å². The number of hydrogen-bond acceptors (Lipinski definition) is 3. The van der Waals surface area contributed by atoms with E-state index in [0.717, 1.165) is 35.7 Å². The summed E-state index contributed by atoms with van der Waals surface area (Å²) in [5, 5.41) is 3.34. The van der Waals surface area contributed by atoms with Crippen LogP contribution in [0.1, 0.15) is 11.3 Å². The Morgan fingerprint density at radius 1 is 1.29 bits per heavy atom. The zero-order valence-electron chi connectivity index (χ0n) is 9.82. The lowest BCUT2D eigenvalue weighted by atomic mass is 10.0. The van der Waals surface area contributed by atoms with Crippen LogP contribution in [0.3, 0.4) is 0 Å². The third-order valence-corrected chi connectivity index (χ3v) is 2.98. The SMILES string of the molecule is Cc1cc(-c2cccc3c2OCCNC3)co1. The lowest BCUT2D eigenvalue weighted by Gasteiger charge is -2.11. The first-order chi connectivity index (χ1) is 8.34. The van der Waals surface area contributed by atoms with Crippen molar-refractivity contribution in [3.63, 3.8) is 0 Å². The first kappa shape index (κ1) is 10.4. The number of para-hydroxylation sites is 1. The molecule has 0 aliphatic carbocycles. The van der Waals surface area contributed by atoms with Crippen molar-refractivity contribution < 1.29 is 9.15 Å². The third-order valence-electron chi connectivity index (χ3n) is 2.98. The highest BCUT2D eigenvalue weighted by atomic mass is 16.5. The fourth-order valence-corrected chi connectivity index (χ4v) is 2.15. The molecule has 0 radical (unpaired) electrons. The van der Waals surface area contributed by atoms with Gasteiger partial charge in [-0.15, -0.1) is 0 Å². The number of fused-ring (bicyclic) bond motifs is 1. The summed E-state index contributed by atoms with van der Waals surface area (Å²) in [4.78, 5) is 0. The van der Waals surface area contributed by atoms with Crippen LogP contribution in [0.4, 0.5) is 0 Å². The highest BCUT2D eigenvalue weighted by Crippen LogP contribution is 2.34. The average Bonchev–Trinajstić information content (AvgIpc) is 2.63. The van der Waals surface area contributed by atoms with Crippen molar-refractivity contribution >= 4 is 0 Å². The van der Waals surface area contributed by atoms with Crippen molar-refractivity contribution in [3.05, 3.63) is 41.9 Å². The minimum Gasteiger partial charge on any atom is -0.491 e. The second-order valence-electron chi connectivity index (χ2n) is 4.27. The Balaban J connectivity index is 2.11. The van der Waals surface area contributed by atoms with Gasteiger partial charge >= 0.3 is 0 Å². The summed E-state index contributed by atoms with van der Waals surface area (Å²) in [6.45, 7) is 4.41. The van der Waals surface area contributed by atoms with Crippen LogP contribution in [0.15, 0.2) is 34.9 Å². The summed E-state index contributed by atoms with van der Waals surface area (Å²) in [6.07, 6.45) is 1.78. The number of benzene rings is 1. The molecular formula is C14H15NO2. The minimum atomic E-state index is 0.709. The zero-order chi connectivity index (χ0) is 11.7. The summed E-state index contributed by atoms with van der Waals surface area (Å²) < 4.78 is 11.2. The lowest BCUT2D eigenvalue weighted by molar-refractivity contribution is 0.327. The summed E-state index contributed by atoms with van der Waals surface area (Å²) >= 11 is 0. The number of aryl methyl sites for hydroxylation is 1. The fraction of sp³-hybridized carbons (Fsp3) is 0.286. The van der Waals surface area contributed by atoms with E-state index in [4.69, 9.17) is 9.15 Å². The van der Waals surface area contributed by atoms with Crippen LogP contribution in [0.2, 0.25) is 0 Å². The van der Waals surface area contributed by atoms with Crippen molar-refractivity contribution in [3.8, 4) is 16.9 Å². The van der Waals surface area contributed by atoms with Crippen LogP contribution in [0.5, 0.6) is 5.75 Å². The van der Waals surface area contributed by atoms with Gasteiger partial charge in [0.25, 0.3) is 0 Å². The number of nitrogens with one attached hydrogen (secondary N) is 1. The van der Waals surface area contributed by atoms with Gasteiger partial charge in [0.15, 0.2) is 0 Å². The summed E-state index contributed by atoms with van der Waals surface area (Å²) in [5.74, 6) is 1.91. The maximum absolute atomic E-state index is 5.84. The number of rotatable bonds is 1. The van der Waals surface area contributed by atoms with E-state index in [2.05, 4.69) is 23.5 Å². The number of hydrogen-bond donors (Lipinski definition) is 1. The molecule has 1 aliphatic heterocycles. The van der Waals surface area contributed by atoms with E-state index in [1.165, 1.54) is 5.56 Å². The van der Waals surface area contributed by atoms with Crippen LogP contribution in [0, 0.1) is 6.92 Å². The van der Waals surface area contributed by atoms with E-state index < -0.39 is 0 Å². The molecule has 0 saturated heterocycles. The monoisotopic (exact) mass is 229 g/mol. The van der Waals surface area contributed by atoms with Crippen molar-refractivity contribution in [1.29, 1.82) is 0 Å². The van der Waals surface area contributed by atoms with E-state index in [1.807, 2.05) is 13.0 Å². The molecule has 1 aromatic heterocycles.